The minimum absolute atomic E-state index is 0.0294. The quantitative estimate of drug-likeness (QED) is 0.643. The summed E-state index contributed by atoms with van der Waals surface area (Å²) in [6.45, 7) is 4.52. The van der Waals surface area contributed by atoms with E-state index in [0.717, 1.165) is 0 Å². The third-order valence-electron chi connectivity index (χ3n) is 3.00. The number of allylic oxidation sites excluding steroid dienone is 2. The Morgan fingerprint density at radius 1 is 1.46 bits per heavy atom. The molecule has 0 amide bonds. The number of alkyl halides is 2. The monoisotopic (exact) mass is 187 g/mol. The van der Waals surface area contributed by atoms with Gasteiger partial charge in [0, 0.05) is 0 Å². The minimum atomic E-state index is -1.00. The Kier molecular flexibility index (Phi) is 2.84. The number of rotatable bonds is 2. The van der Waals surface area contributed by atoms with Crippen LogP contribution in [0.5, 0.6) is 0 Å². The highest BCUT2D eigenvalue weighted by Gasteiger charge is 2.36. The fourth-order valence-electron chi connectivity index (χ4n) is 2.00. The molecule has 0 spiro atoms. The Labute approximate surface area is 77.3 Å². The first-order chi connectivity index (χ1) is 6.00. The van der Waals surface area contributed by atoms with Crippen molar-refractivity contribution in [2.24, 2.45) is 11.8 Å². The molecule has 0 aromatic heterocycles. The molecule has 0 aliphatic heterocycles. The zero-order chi connectivity index (χ0) is 10.2. The third-order valence-corrected chi connectivity index (χ3v) is 3.00. The first kappa shape index (κ1) is 10.4. The summed E-state index contributed by atoms with van der Waals surface area (Å²) in [4.78, 5) is 0. The van der Waals surface area contributed by atoms with Crippen molar-refractivity contribution in [1.82, 2.24) is 0 Å². The predicted molar refractivity (Wildman–Crippen MR) is 49.6 cm³/mol. The van der Waals surface area contributed by atoms with E-state index < -0.39 is 12.8 Å². The summed E-state index contributed by atoms with van der Waals surface area (Å²) in [5, 5.41) is 7.38. The van der Waals surface area contributed by atoms with E-state index in [0.29, 0.717) is 11.1 Å². The third kappa shape index (κ3) is 1.52. The van der Waals surface area contributed by atoms with E-state index in [1.54, 1.807) is 13.8 Å². The molecule has 0 bridgehead atoms. The molecule has 0 fully saturated rings. The maximum atomic E-state index is 13.4. The van der Waals surface area contributed by atoms with E-state index in [9.17, 15) is 8.78 Å². The highest BCUT2D eigenvalue weighted by atomic mass is 19.1. The van der Waals surface area contributed by atoms with Gasteiger partial charge >= 0.3 is 0 Å². The van der Waals surface area contributed by atoms with Gasteiger partial charge in [-0.2, -0.15) is 0 Å². The fourth-order valence-corrected chi connectivity index (χ4v) is 2.00. The maximum absolute atomic E-state index is 13.4. The molecule has 13 heavy (non-hydrogen) atoms. The summed E-state index contributed by atoms with van der Waals surface area (Å²) in [7, 11) is 0. The maximum Gasteiger partial charge on any atom is 0.131 e. The normalized spacial score (nSPS) is 34.1. The first-order valence-corrected chi connectivity index (χ1v) is 4.49. The Morgan fingerprint density at radius 2 is 2.00 bits per heavy atom. The van der Waals surface area contributed by atoms with Crippen LogP contribution in [0, 0.1) is 17.2 Å². The van der Waals surface area contributed by atoms with Gasteiger partial charge in [0.15, 0.2) is 0 Å². The van der Waals surface area contributed by atoms with Gasteiger partial charge in [-0.25, -0.2) is 8.78 Å². The molecule has 1 aliphatic rings. The van der Waals surface area contributed by atoms with Crippen molar-refractivity contribution < 1.29 is 8.78 Å². The molecule has 3 heteroatoms. The summed E-state index contributed by atoms with van der Waals surface area (Å²) >= 11 is 0. The second-order valence-electron chi connectivity index (χ2n) is 3.76. The standard InChI is InChI=1S/C10H15F2N/c1-5-6(2)10(12)7(3)9(5)8(13)4-11/h5-6,10,13H,4H2,1-3H3. The lowest BCUT2D eigenvalue weighted by molar-refractivity contribution is 0.269. The summed E-state index contributed by atoms with van der Waals surface area (Å²) in [5.41, 5.74) is 1.07. The minimum Gasteiger partial charge on any atom is -0.302 e. The summed E-state index contributed by atoms with van der Waals surface area (Å²) in [5.74, 6) is -0.153. The van der Waals surface area contributed by atoms with Crippen molar-refractivity contribution in [2.75, 3.05) is 6.67 Å². The van der Waals surface area contributed by atoms with Crippen LogP contribution in [0.4, 0.5) is 8.78 Å². The van der Waals surface area contributed by atoms with Crippen molar-refractivity contribution in [3.05, 3.63) is 11.1 Å². The zero-order valence-electron chi connectivity index (χ0n) is 8.20. The molecule has 0 radical (unpaired) electrons. The lowest BCUT2D eigenvalue weighted by Gasteiger charge is -2.14. The molecule has 0 saturated carbocycles. The molecule has 1 rings (SSSR count). The predicted octanol–water partition coefficient (Wildman–Crippen LogP) is 2.92. The van der Waals surface area contributed by atoms with Crippen LogP contribution in [0.3, 0.4) is 0 Å². The largest absolute Gasteiger partial charge is 0.302 e. The average molecular weight is 187 g/mol. The van der Waals surface area contributed by atoms with Gasteiger partial charge in [0.05, 0.1) is 5.71 Å². The number of hydrogen-bond acceptors (Lipinski definition) is 1. The van der Waals surface area contributed by atoms with E-state index >= 15 is 0 Å². The summed E-state index contributed by atoms with van der Waals surface area (Å²) in [6, 6.07) is 0. The molecule has 74 valence electrons. The van der Waals surface area contributed by atoms with Crippen LogP contribution < -0.4 is 0 Å². The molecule has 1 nitrogen and oxygen atoms in total. The second-order valence-corrected chi connectivity index (χ2v) is 3.76. The Hall–Kier alpha value is -0.730. The van der Waals surface area contributed by atoms with E-state index in [4.69, 9.17) is 5.41 Å². The average Bonchev–Trinajstić information content (AvgIpc) is 2.30. The zero-order valence-corrected chi connectivity index (χ0v) is 8.20. The van der Waals surface area contributed by atoms with Crippen molar-refractivity contribution in [3.8, 4) is 0 Å². The molecular formula is C10H15F2N. The number of nitrogens with one attached hydrogen (secondary N) is 1. The van der Waals surface area contributed by atoms with E-state index in [1.165, 1.54) is 0 Å². The van der Waals surface area contributed by atoms with Crippen LogP contribution >= 0.6 is 0 Å². The smallest absolute Gasteiger partial charge is 0.131 e. The van der Waals surface area contributed by atoms with Crippen molar-refractivity contribution in [3.63, 3.8) is 0 Å². The Bertz CT molecular complexity index is 258. The highest BCUT2D eigenvalue weighted by Crippen LogP contribution is 2.39. The molecule has 0 aromatic rings. The summed E-state index contributed by atoms with van der Waals surface area (Å²) < 4.78 is 25.7. The van der Waals surface area contributed by atoms with E-state index in [1.807, 2.05) is 6.92 Å². The van der Waals surface area contributed by atoms with Crippen LogP contribution in [0.15, 0.2) is 11.1 Å². The van der Waals surface area contributed by atoms with Crippen LogP contribution in [-0.2, 0) is 0 Å². The van der Waals surface area contributed by atoms with Gasteiger partial charge in [-0.3, -0.25) is 0 Å². The number of hydrogen-bond donors (Lipinski definition) is 1. The molecule has 1 N–H and O–H groups in total. The van der Waals surface area contributed by atoms with Gasteiger partial charge < -0.3 is 5.41 Å². The van der Waals surface area contributed by atoms with E-state index in [-0.39, 0.29) is 17.5 Å². The van der Waals surface area contributed by atoms with E-state index in [2.05, 4.69) is 0 Å². The van der Waals surface area contributed by atoms with Crippen LogP contribution in [0.2, 0.25) is 0 Å². The van der Waals surface area contributed by atoms with Crippen molar-refractivity contribution >= 4 is 5.71 Å². The molecule has 0 saturated heterocycles. The van der Waals surface area contributed by atoms with Gasteiger partial charge in [0.25, 0.3) is 0 Å². The van der Waals surface area contributed by atoms with Gasteiger partial charge in [0.1, 0.15) is 12.8 Å². The molecule has 3 unspecified atom stereocenters. The fraction of sp³-hybridized carbons (Fsp3) is 0.700. The Balaban J connectivity index is 3.00. The van der Waals surface area contributed by atoms with Crippen LogP contribution in [-0.4, -0.2) is 18.6 Å². The molecule has 3 atom stereocenters. The Morgan fingerprint density at radius 3 is 2.31 bits per heavy atom. The van der Waals surface area contributed by atoms with Crippen LogP contribution in [0.1, 0.15) is 20.8 Å². The topological polar surface area (TPSA) is 23.9 Å². The van der Waals surface area contributed by atoms with Crippen LogP contribution in [0.25, 0.3) is 0 Å². The lowest BCUT2D eigenvalue weighted by Crippen LogP contribution is -2.15. The van der Waals surface area contributed by atoms with Crippen molar-refractivity contribution in [1.29, 1.82) is 5.41 Å². The molecule has 0 aromatic carbocycles. The molecule has 0 heterocycles. The molecular weight excluding hydrogens is 172 g/mol. The van der Waals surface area contributed by atoms with Gasteiger partial charge in [-0.15, -0.1) is 0 Å². The lowest BCUT2D eigenvalue weighted by atomic mass is 9.92. The second kappa shape index (κ2) is 3.56. The first-order valence-electron chi connectivity index (χ1n) is 4.49. The highest BCUT2D eigenvalue weighted by molar-refractivity contribution is 6.00. The summed E-state index contributed by atoms with van der Waals surface area (Å²) in [6.07, 6.45) is -1.00. The SMILES string of the molecule is CC1=C(C(=N)CF)C(C)C(C)C1F. The molecule has 1 aliphatic carbocycles. The van der Waals surface area contributed by atoms with Gasteiger partial charge in [-0.05, 0) is 29.9 Å². The van der Waals surface area contributed by atoms with Crippen molar-refractivity contribution in [2.45, 2.75) is 26.9 Å². The van der Waals surface area contributed by atoms with Gasteiger partial charge in [0.2, 0.25) is 0 Å². The number of halogens is 2. The van der Waals surface area contributed by atoms with Gasteiger partial charge in [-0.1, -0.05) is 13.8 Å².